The first kappa shape index (κ1) is 12.3. The summed E-state index contributed by atoms with van der Waals surface area (Å²) in [5.41, 5.74) is 1.24. The van der Waals surface area contributed by atoms with Crippen molar-refractivity contribution in [2.24, 2.45) is 0 Å². The Bertz CT molecular complexity index is 448. The molecule has 0 radical (unpaired) electrons. The van der Waals surface area contributed by atoms with Crippen molar-refractivity contribution < 1.29 is 4.79 Å². The average Bonchev–Trinajstić information content (AvgIpc) is 2.99. The normalized spacial score (nSPS) is 12.3. The Morgan fingerprint density at radius 3 is 2.94 bits per heavy atom. The van der Waals surface area contributed by atoms with E-state index in [0.717, 1.165) is 6.42 Å². The Labute approximate surface area is 109 Å². The van der Waals surface area contributed by atoms with Crippen LogP contribution in [-0.2, 0) is 11.2 Å². The van der Waals surface area contributed by atoms with Gasteiger partial charge in [0.1, 0.15) is 0 Å². The number of carbonyl (C=O) groups is 1. The van der Waals surface area contributed by atoms with E-state index in [4.69, 9.17) is 0 Å². The van der Waals surface area contributed by atoms with Gasteiger partial charge in [-0.1, -0.05) is 6.07 Å². The van der Waals surface area contributed by atoms with Gasteiger partial charge in [0.05, 0.1) is 6.04 Å². The van der Waals surface area contributed by atoms with Crippen LogP contribution in [0.5, 0.6) is 0 Å². The smallest absolute Gasteiger partial charge is 0.220 e. The van der Waals surface area contributed by atoms with Crippen molar-refractivity contribution in [1.82, 2.24) is 5.32 Å². The van der Waals surface area contributed by atoms with Gasteiger partial charge < -0.3 is 5.32 Å². The molecule has 0 unspecified atom stereocenters. The minimum atomic E-state index is 0.116. The van der Waals surface area contributed by atoms with Crippen molar-refractivity contribution in [2.45, 2.75) is 25.8 Å². The Balaban J connectivity index is 1.77. The van der Waals surface area contributed by atoms with Gasteiger partial charge in [0, 0.05) is 11.3 Å². The first-order chi connectivity index (χ1) is 8.25. The SMILES string of the molecule is C[C@@H](NC(=O)CCc1ccsc1)c1cccs1. The molecule has 0 aliphatic carbocycles. The molecule has 17 heavy (non-hydrogen) atoms. The number of hydrogen-bond acceptors (Lipinski definition) is 3. The van der Waals surface area contributed by atoms with Crippen molar-refractivity contribution in [2.75, 3.05) is 0 Å². The predicted octanol–water partition coefficient (Wildman–Crippen LogP) is 3.62. The van der Waals surface area contributed by atoms with E-state index in [-0.39, 0.29) is 11.9 Å². The molecular weight excluding hydrogens is 250 g/mol. The van der Waals surface area contributed by atoms with Crippen molar-refractivity contribution >= 4 is 28.6 Å². The van der Waals surface area contributed by atoms with Gasteiger partial charge in [0.2, 0.25) is 5.91 Å². The molecule has 0 aromatic carbocycles. The number of carbonyl (C=O) groups excluding carboxylic acids is 1. The quantitative estimate of drug-likeness (QED) is 0.879. The van der Waals surface area contributed by atoms with Gasteiger partial charge in [-0.3, -0.25) is 4.79 Å². The molecule has 2 nitrogen and oxygen atoms in total. The number of nitrogens with one attached hydrogen (secondary N) is 1. The van der Waals surface area contributed by atoms with Gasteiger partial charge in [0.15, 0.2) is 0 Å². The summed E-state index contributed by atoms with van der Waals surface area (Å²) < 4.78 is 0. The highest BCUT2D eigenvalue weighted by Crippen LogP contribution is 2.18. The van der Waals surface area contributed by atoms with E-state index in [1.807, 2.05) is 23.8 Å². The summed E-state index contributed by atoms with van der Waals surface area (Å²) in [7, 11) is 0. The topological polar surface area (TPSA) is 29.1 Å². The third kappa shape index (κ3) is 3.68. The van der Waals surface area contributed by atoms with Crippen LogP contribution < -0.4 is 5.32 Å². The van der Waals surface area contributed by atoms with Crippen molar-refractivity contribution in [3.63, 3.8) is 0 Å². The van der Waals surface area contributed by atoms with E-state index in [1.54, 1.807) is 22.7 Å². The van der Waals surface area contributed by atoms with E-state index in [1.165, 1.54) is 10.4 Å². The van der Waals surface area contributed by atoms with Crippen LogP contribution in [0.15, 0.2) is 34.3 Å². The molecular formula is C13H15NOS2. The molecule has 0 bridgehead atoms. The summed E-state index contributed by atoms with van der Waals surface area (Å²) in [6.45, 7) is 2.02. The number of amides is 1. The lowest BCUT2D eigenvalue weighted by Gasteiger charge is -2.11. The molecule has 2 aromatic rings. The molecule has 0 spiro atoms. The molecule has 1 atom stereocenters. The van der Waals surface area contributed by atoms with Crippen molar-refractivity contribution in [3.8, 4) is 0 Å². The molecule has 0 aliphatic heterocycles. The summed E-state index contributed by atoms with van der Waals surface area (Å²) in [5, 5.41) is 9.19. The summed E-state index contributed by atoms with van der Waals surface area (Å²) in [4.78, 5) is 12.9. The molecule has 2 heterocycles. The Hall–Kier alpha value is -1.13. The highest BCUT2D eigenvalue weighted by molar-refractivity contribution is 7.10. The lowest BCUT2D eigenvalue weighted by molar-refractivity contribution is -0.121. The molecule has 1 N–H and O–H groups in total. The maximum atomic E-state index is 11.7. The maximum absolute atomic E-state index is 11.7. The lowest BCUT2D eigenvalue weighted by Crippen LogP contribution is -2.26. The summed E-state index contributed by atoms with van der Waals surface area (Å²) in [6, 6.07) is 6.24. The standard InChI is InChI=1S/C13H15NOS2/c1-10(12-3-2-7-17-12)14-13(15)5-4-11-6-8-16-9-11/h2-3,6-10H,4-5H2,1H3,(H,14,15)/t10-/m1/s1. The summed E-state index contributed by atoms with van der Waals surface area (Å²) in [5.74, 6) is 0.122. The fourth-order valence-corrected chi connectivity index (χ4v) is 3.05. The van der Waals surface area contributed by atoms with E-state index in [9.17, 15) is 4.79 Å². The molecule has 0 fully saturated rings. The lowest BCUT2D eigenvalue weighted by atomic mass is 10.2. The van der Waals surface area contributed by atoms with Gasteiger partial charge in [0.25, 0.3) is 0 Å². The van der Waals surface area contributed by atoms with E-state index < -0.39 is 0 Å². The second-order valence-electron chi connectivity index (χ2n) is 3.94. The number of thiophene rings is 2. The first-order valence-corrected chi connectivity index (χ1v) is 7.42. The number of rotatable bonds is 5. The third-order valence-electron chi connectivity index (χ3n) is 2.57. The number of hydrogen-bond donors (Lipinski definition) is 1. The van der Waals surface area contributed by atoms with Crippen LogP contribution in [0, 0.1) is 0 Å². The molecule has 2 rings (SSSR count). The highest BCUT2D eigenvalue weighted by Gasteiger charge is 2.10. The first-order valence-electron chi connectivity index (χ1n) is 5.59. The van der Waals surface area contributed by atoms with Crippen LogP contribution in [0.3, 0.4) is 0 Å². The van der Waals surface area contributed by atoms with Gasteiger partial charge in [-0.15, -0.1) is 11.3 Å². The molecule has 90 valence electrons. The van der Waals surface area contributed by atoms with Gasteiger partial charge in [-0.05, 0) is 47.2 Å². The fraction of sp³-hybridized carbons (Fsp3) is 0.308. The molecule has 0 saturated heterocycles. The predicted molar refractivity (Wildman–Crippen MR) is 73.5 cm³/mol. The van der Waals surface area contributed by atoms with Crippen molar-refractivity contribution in [1.29, 1.82) is 0 Å². The minimum Gasteiger partial charge on any atom is -0.349 e. The van der Waals surface area contributed by atoms with Crippen molar-refractivity contribution in [3.05, 3.63) is 44.8 Å². The van der Waals surface area contributed by atoms with Crippen LogP contribution in [0.1, 0.15) is 29.8 Å². The van der Waals surface area contributed by atoms with Gasteiger partial charge >= 0.3 is 0 Å². The second-order valence-corrected chi connectivity index (χ2v) is 5.70. The van der Waals surface area contributed by atoms with E-state index in [0.29, 0.717) is 6.42 Å². The summed E-state index contributed by atoms with van der Waals surface area (Å²) in [6.07, 6.45) is 1.39. The largest absolute Gasteiger partial charge is 0.349 e. The second kappa shape index (κ2) is 5.98. The van der Waals surface area contributed by atoms with Crippen LogP contribution in [0.25, 0.3) is 0 Å². The summed E-state index contributed by atoms with van der Waals surface area (Å²) >= 11 is 3.35. The van der Waals surface area contributed by atoms with Crippen LogP contribution in [0.4, 0.5) is 0 Å². The molecule has 4 heteroatoms. The Morgan fingerprint density at radius 1 is 1.41 bits per heavy atom. The molecule has 1 amide bonds. The molecule has 0 aliphatic rings. The zero-order valence-electron chi connectivity index (χ0n) is 9.68. The zero-order chi connectivity index (χ0) is 12.1. The third-order valence-corrected chi connectivity index (χ3v) is 4.36. The fourth-order valence-electron chi connectivity index (χ4n) is 1.62. The monoisotopic (exact) mass is 265 g/mol. The molecule has 2 aromatic heterocycles. The van der Waals surface area contributed by atoms with Gasteiger partial charge in [-0.2, -0.15) is 11.3 Å². The maximum Gasteiger partial charge on any atom is 0.220 e. The van der Waals surface area contributed by atoms with Crippen LogP contribution >= 0.6 is 22.7 Å². The van der Waals surface area contributed by atoms with Crippen LogP contribution in [0.2, 0.25) is 0 Å². The van der Waals surface area contributed by atoms with Crippen LogP contribution in [-0.4, -0.2) is 5.91 Å². The van der Waals surface area contributed by atoms with E-state index in [2.05, 4.69) is 22.8 Å². The van der Waals surface area contributed by atoms with E-state index >= 15 is 0 Å². The number of aryl methyl sites for hydroxylation is 1. The Kier molecular flexibility index (Phi) is 4.34. The zero-order valence-corrected chi connectivity index (χ0v) is 11.3. The van der Waals surface area contributed by atoms with Gasteiger partial charge in [-0.25, -0.2) is 0 Å². The minimum absolute atomic E-state index is 0.116. The highest BCUT2D eigenvalue weighted by atomic mass is 32.1. The Morgan fingerprint density at radius 2 is 2.29 bits per heavy atom. The molecule has 0 saturated carbocycles. The average molecular weight is 265 g/mol.